The Morgan fingerprint density at radius 2 is 2.03 bits per heavy atom. The number of halogens is 1. The molecular weight excluding hydrogens is 371 g/mol. The quantitative estimate of drug-likeness (QED) is 0.865. The first kappa shape index (κ1) is 19.4. The van der Waals surface area contributed by atoms with Gasteiger partial charge in [0.15, 0.2) is 0 Å². The number of carbonyl (C=O) groups is 2. The molecule has 0 spiro atoms. The Balaban J connectivity index is 1.71. The van der Waals surface area contributed by atoms with E-state index in [9.17, 15) is 14.0 Å². The first-order valence-electron chi connectivity index (χ1n) is 9.91. The molecule has 29 heavy (non-hydrogen) atoms. The molecule has 1 saturated heterocycles. The SMILES string of the molecule is CNC(=O)c1ccc(Cc2cc3c(c(C)c2C)O[C@H]2C[C@H](C)N(C2)C3=O)cc1F. The van der Waals surface area contributed by atoms with Crippen molar-refractivity contribution >= 4 is 11.8 Å². The zero-order valence-corrected chi connectivity index (χ0v) is 17.1. The van der Waals surface area contributed by atoms with Gasteiger partial charge in [0.1, 0.15) is 17.7 Å². The summed E-state index contributed by atoms with van der Waals surface area (Å²) >= 11 is 0. The standard InChI is InChI=1S/C23H25FN2O3/c1-12-7-17-11-26(12)23(28)19-10-16(13(2)14(3)21(19)29-17)8-15-5-6-18(20(24)9-15)22(27)25-4/h5-6,9-10,12,17H,7-8,11H2,1-4H3,(H,25,27)/t12-,17-/m0/s1. The average Bonchev–Trinajstić information content (AvgIpc) is 3.00. The fraction of sp³-hybridized carbons (Fsp3) is 0.391. The van der Waals surface area contributed by atoms with E-state index in [0.29, 0.717) is 24.3 Å². The van der Waals surface area contributed by atoms with Crippen LogP contribution in [0.4, 0.5) is 4.39 Å². The van der Waals surface area contributed by atoms with Crippen molar-refractivity contribution in [2.75, 3.05) is 13.6 Å². The van der Waals surface area contributed by atoms with E-state index in [-0.39, 0.29) is 23.6 Å². The number of hydrogen-bond donors (Lipinski definition) is 1. The molecule has 1 fully saturated rings. The molecule has 4 rings (SSSR count). The van der Waals surface area contributed by atoms with E-state index in [1.165, 1.54) is 19.2 Å². The number of nitrogens with zero attached hydrogens (tertiary/aromatic N) is 1. The maximum Gasteiger partial charge on any atom is 0.258 e. The van der Waals surface area contributed by atoms with Gasteiger partial charge in [-0.2, -0.15) is 0 Å². The molecule has 2 amide bonds. The summed E-state index contributed by atoms with van der Waals surface area (Å²) in [6.45, 7) is 6.64. The summed E-state index contributed by atoms with van der Waals surface area (Å²) in [5.74, 6) is -0.329. The van der Waals surface area contributed by atoms with E-state index in [4.69, 9.17) is 4.74 Å². The summed E-state index contributed by atoms with van der Waals surface area (Å²) in [6.07, 6.45) is 1.35. The Kier molecular flexibility index (Phi) is 4.81. The summed E-state index contributed by atoms with van der Waals surface area (Å²) in [7, 11) is 1.47. The third-order valence-electron chi connectivity index (χ3n) is 6.16. The number of ether oxygens (including phenoxy) is 1. The van der Waals surface area contributed by atoms with Gasteiger partial charge in [-0.1, -0.05) is 6.07 Å². The van der Waals surface area contributed by atoms with Crippen LogP contribution in [-0.2, 0) is 6.42 Å². The minimum atomic E-state index is -0.553. The Hall–Kier alpha value is -2.89. The first-order chi connectivity index (χ1) is 13.8. The van der Waals surface area contributed by atoms with Crippen molar-refractivity contribution in [3.63, 3.8) is 0 Å². The van der Waals surface area contributed by atoms with E-state index >= 15 is 0 Å². The summed E-state index contributed by atoms with van der Waals surface area (Å²) < 4.78 is 20.6. The Labute approximate surface area is 169 Å². The third kappa shape index (κ3) is 3.26. The molecule has 2 aromatic rings. The Morgan fingerprint density at radius 1 is 1.28 bits per heavy atom. The van der Waals surface area contributed by atoms with Crippen molar-refractivity contribution in [3.8, 4) is 5.75 Å². The van der Waals surface area contributed by atoms with Gasteiger partial charge >= 0.3 is 0 Å². The second-order valence-electron chi connectivity index (χ2n) is 8.01. The molecule has 2 aliphatic rings. The normalized spacial score (nSPS) is 20.2. The van der Waals surface area contributed by atoms with Crippen molar-refractivity contribution in [2.24, 2.45) is 0 Å². The van der Waals surface area contributed by atoms with Crippen LogP contribution in [0.2, 0.25) is 0 Å². The summed E-state index contributed by atoms with van der Waals surface area (Å²) in [4.78, 5) is 26.7. The van der Waals surface area contributed by atoms with Gasteiger partial charge in [-0.05, 0) is 67.6 Å². The molecular formula is C23H25FN2O3. The highest BCUT2D eigenvalue weighted by Crippen LogP contribution is 2.38. The molecule has 0 saturated carbocycles. The topological polar surface area (TPSA) is 58.6 Å². The van der Waals surface area contributed by atoms with Crippen LogP contribution in [0.1, 0.15) is 56.3 Å². The molecule has 1 N–H and O–H groups in total. The lowest BCUT2D eigenvalue weighted by molar-refractivity contribution is 0.0748. The van der Waals surface area contributed by atoms with Crippen LogP contribution in [0.25, 0.3) is 0 Å². The van der Waals surface area contributed by atoms with Gasteiger partial charge in [-0.3, -0.25) is 9.59 Å². The molecule has 0 radical (unpaired) electrons. The fourth-order valence-electron chi connectivity index (χ4n) is 4.33. The maximum atomic E-state index is 14.4. The zero-order chi connectivity index (χ0) is 20.9. The van der Waals surface area contributed by atoms with E-state index in [0.717, 1.165) is 28.7 Å². The summed E-state index contributed by atoms with van der Waals surface area (Å²) in [6, 6.07) is 6.68. The van der Waals surface area contributed by atoms with Crippen molar-refractivity contribution < 1.29 is 18.7 Å². The van der Waals surface area contributed by atoms with Gasteiger partial charge < -0.3 is 15.0 Å². The predicted molar refractivity (Wildman–Crippen MR) is 108 cm³/mol. The molecule has 2 heterocycles. The second-order valence-corrected chi connectivity index (χ2v) is 8.01. The highest BCUT2D eigenvalue weighted by molar-refractivity contribution is 5.99. The predicted octanol–water partition coefficient (Wildman–Crippen LogP) is 3.39. The van der Waals surface area contributed by atoms with Gasteiger partial charge in [0, 0.05) is 19.5 Å². The number of benzene rings is 2. The molecule has 6 heteroatoms. The highest BCUT2D eigenvalue weighted by atomic mass is 19.1. The minimum Gasteiger partial charge on any atom is -0.487 e. The number of rotatable bonds is 3. The lowest BCUT2D eigenvalue weighted by Crippen LogP contribution is -2.33. The number of nitrogens with one attached hydrogen (secondary N) is 1. The molecule has 152 valence electrons. The fourth-order valence-corrected chi connectivity index (χ4v) is 4.33. The van der Waals surface area contributed by atoms with Crippen LogP contribution in [0, 0.1) is 19.7 Å². The number of hydrogen-bond acceptors (Lipinski definition) is 3. The molecule has 2 aliphatic heterocycles. The number of fused-ring (bicyclic) bond motifs is 3. The monoisotopic (exact) mass is 396 g/mol. The number of amides is 2. The van der Waals surface area contributed by atoms with E-state index in [1.807, 2.05) is 31.7 Å². The van der Waals surface area contributed by atoms with Crippen LogP contribution in [-0.4, -0.2) is 42.5 Å². The van der Waals surface area contributed by atoms with Crippen LogP contribution in [0.15, 0.2) is 24.3 Å². The van der Waals surface area contributed by atoms with Crippen molar-refractivity contribution in [1.82, 2.24) is 10.2 Å². The van der Waals surface area contributed by atoms with E-state index in [1.54, 1.807) is 6.07 Å². The first-order valence-corrected chi connectivity index (χ1v) is 9.91. The van der Waals surface area contributed by atoms with Crippen LogP contribution in [0.5, 0.6) is 5.75 Å². The van der Waals surface area contributed by atoms with Crippen molar-refractivity contribution in [3.05, 3.63) is 63.5 Å². The van der Waals surface area contributed by atoms with Crippen molar-refractivity contribution in [1.29, 1.82) is 0 Å². The maximum absolute atomic E-state index is 14.4. The minimum absolute atomic E-state index is 0.00186. The van der Waals surface area contributed by atoms with Crippen molar-refractivity contribution in [2.45, 2.75) is 45.8 Å². The molecule has 2 aromatic carbocycles. The van der Waals surface area contributed by atoms with Crippen LogP contribution >= 0.6 is 0 Å². The summed E-state index contributed by atoms with van der Waals surface area (Å²) in [5, 5.41) is 2.43. The smallest absolute Gasteiger partial charge is 0.258 e. The molecule has 5 nitrogen and oxygen atoms in total. The van der Waals surface area contributed by atoms with Crippen LogP contribution < -0.4 is 10.1 Å². The van der Waals surface area contributed by atoms with Crippen LogP contribution in [0.3, 0.4) is 0 Å². The molecule has 0 aromatic heterocycles. The van der Waals surface area contributed by atoms with Gasteiger partial charge in [-0.15, -0.1) is 0 Å². The lowest BCUT2D eigenvalue weighted by atomic mass is 9.92. The number of carbonyl (C=O) groups excluding carboxylic acids is 2. The van der Waals surface area contributed by atoms with E-state index in [2.05, 4.69) is 5.32 Å². The highest BCUT2D eigenvalue weighted by Gasteiger charge is 2.39. The average molecular weight is 396 g/mol. The Morgan fingerprint density at radius 3 is 2.72 bits per heavy atom. The lowest BCUT2D eigenvalue weighted by Gasteiger charge is -2.24. The molecule has 2 atom stereocenters. The Bertz CT molecular complexity index is 1020. The van der Waals surface area contributed by atoms with Gasteiger partial charge in [-0.25, -0.2) is 4.39 Å². The van der Waals surface area contributed by atoms with Gasteiger partial charge in [0.05, 0.1) is 17.7 Å². The van der Waals surface area contributed by atoms with E-state index < -0.39 is 11.7 Å². The molecule has 2 bridgehead atoms. The molecule has 0 aliphatic carbocycles. The third-order valence-corrected chi connectivity index (χ3v) is 6.16. The largest absolute Gasteiger partial charge is 0.487 e. The van der Waals surface area contributed by atoms with Gasteiger partial charge in [0.2, 0.25) is 0 Å². The zero-order valence-electron chi connectivity index (χ0n) is 17.1. The molecule has 0 unspecified atom stereocenters. The second kappa shape index (κ2) is 7.17. The van der Waals surface area contributed by atoms with Gasteiger partial charge in [0.25, 0.3) is 11.8 Å². The summed E-state index contributed by atoms with van der Waals surface area (Å²) in [5.41, 5.74) is 4.29.